The summed E-state index contributed by atoms with van der Waals surface area (Å²) in [5.74, 6) is 2.36. The van der Waals surface area contributed by atoms with E-state index in [0.29, 0.717) is 6.54 Å². The van der Waals surface area contributed by atoms with Crippen molar-refractivity contribution in [1.29, 1.82) is 5.26 Å². The molecule has 1 aliphatic rings. The van der Waals surface area contributed by atoms with E-state index >= 15 is 0 Å². The first-order chi connectivity index (χ1) is 10.2. The van der Waals surface area contributed by atoms with E-state index in [1.807, 2.05) is 25.1 Å². The number of benzene rings is 1. The number of anilines is 1. The Morgan fingerprint density at radius 1 is 1.38 bits per heavy atom. The first-order valence-corrected chi connectivity index (χ1v) is 7.06. The summed E-state index contributed by atoms with van der Waals surface area (Å²) in [6.45, 7) is 5.71. The van der Waals surface area contributed by atoms with Crippen LogP contribution in [-0.2, 0) is 0 Å². The number of aromatic nitrogens is 1. The summed E-state index contributed by atoms with van der Waals surface area (Å²) in [5, 5.41) is 11.1. The van der Waals surface area contributed by atoms with Crippen molar-refractivity contribution in [3.05, 3.63) is 24.4 Å². The van der Waals surface area contributed by atoms with Gasteiger partial charge in [-0.15, -0.1) is 0 Å². The van der Waals surface area contributed by atoms with Gasteiger partial charge in [-0.1, -0.05) is 0 Å². The van der Waals surface area contributed by atoms with Gasteiger partial charge in [-0.2, -0.15) is 5.26 Å². The molecule has 21 heavy (non-hydrogen) atoms. The van der Waals surface area contributed by atoms with Crippen molar-refractivity contribution in [1.82, 2.24) is 4.98 Å². The number of hydrogen-bond acceptors (Lipinski definition) is 5. The van der Waals surface area contributed by atoms with E-state index in [0.717, 1.165) is 34.6 Å². The minimum absolute atomic E-state index is 0.0454. The fourth-order valence-electron chi connectivity index (χ4n) is 2.54. The number of nitrogens with zero attached hydrogens (tertiary/aromatic N) is 3. The standard InChI is InChI=1S/C16H17N3O2/c1-3-19(9-11(2)8-17)16-13-7-15-14(20-10-21-15)6-12(13)4-5-18-16/h4-7,11H,3,9-10H2,1-2H3. The molecule has 0 saturated heterocycles. The summed E-state index contributed by atoms with van der Waals surface area (Å²) in [4.78, 5) is 6.63. The Balaban J connectivity index is 2.07. The molecular formula is C16H17N3O2. The number of nitriles is 1. The Labute approximate surface area is 123 Å². The van der Waals surface area contributed by atoms with Crippen LogP contribution < -0.4 is 14.4 Å². The molecule has 0 radical (unpaired) electrons. The Kier molecular flexibility index (Phi) is 3.53. The fourth-order valence-corrected chi connectivity index (χ4v) is 2.54. The van der Waals surface area contributed by atoms with Crippen LogP contribution in [0.15, 0.2) is 24.4 Å². The molecule has 2 aromatic rings. The normalized spacial score (nSPS) is 14.0. The Hall–Kier alpha value is -2.48. The van der Waals surface area contributed by atoms with Crippen molar-refractivity contribution in [2.75, 3.05) is 24.8 Å². The third-order valence-corrected chi connectivity index (χ3v) is 3.63. The van der Waals surface area contributed by atoms with E-state index < -0.39 is 0 Å². The van der Waals surface area contributed by atoms with E-state index in [2.05, 4.69) is 22.9 Å². The summed E-state index contributed by atoms with van der Waals surface area (Å²) in [6, 6.07) is 8.18. The summed E-state index contributed by atoms with van der Waals surface area (Å²) in [5.41, 5.74) is 0. The molecule has 1 aliphatic heterocycles. The molecule has 5 nitrogen and oxygen atoms in total. The monoisotopic (exact) mass is 283 g/mol. The Morgan fingerprint density at radius 2 is 2.14 bits per heavy atom. The first kappa shape index (κ1) is 13.5. The first-order valence-electron chi connectivity index (χ1n) is 7.06. The second-order valence-corrected chi connectivity index (χ2v) is 5.13. The number of rotatable bonds is 4. The minimum Gasteiger partial charge on any atom is -0.454 e. The number of fused-ring (bicyclic) bond motifs is 2. The van der Waals surface area contributed by atoms with Crippen LogP contribution in [-0.4, -0.2) is 24.9 Å². The molecule has 0 aliphatic carbocycles. The van der Waals surface area contributed by atoms with Gasteiger partial charge in [-0.05, 0) is 37.4 Å². The van der Waals surface area contributed by atoms with Crippen molar-refractivity contribution >= 4 is 16.6 Å². The van der Waals surface area contributed by atoms with Gasteiger partial charge in [-0.25, -0.2) is 4.98 Å². The molecule has 108 valence electrons. The molecule has 1 atom stereocenters. The number of hydrogen-bond donors (Lipinski definition) is 0. The van der Waals surface area contributed by atoms with Crippen LogP contribution in [0.25, 0.3) is 10.8 Å². The third-order valence-electron chi connectivity index (χ3n) is 3.63. The average molecular weight is 283 g/mol. The van der Waals surface area contributed by atoms with Gasteiger partial charge in [0.1, 0.15) is 5.82 Å². The number of pyridine rings is 1. The largest absolute Gasteiger partial charge is 0.454 e. The van der Waals surface area contributed by atoms with Gasteiger partial charge in [0.2, 0.25) is 6.79 Å². The lowest BCUT2D eigenvalue weighted by Gasteiger charge is -2.24. The highest BCUT2D eigenvalue weighted by molar-refractivity contribution is 5.94. The maximum atomic E-state index is 9.03. The highest BCUT2D eigenvalue weighted by atomic mass is 16.7. The zero-order chi connectivity index (χ0) is 14.8. The zero-order valence-corrected chi connectivity index (χ0v) is 12.2. The smallest absolute Gasteiger partial charge is 0.231 e. The molecule has 1 aromatic heterocycles. The fraction of sp³-hybridized carbons (Fsp3) is 0.375. The van der Waals surface area contributed by atoms with Gasteiger partial charge in [-0.3, -0.25) is 0 Å². The summed E-state index contributed by atoms with van der Waals surface area (Å²) in [7, 11) is 0. The van der Waals surface area contributed by atoms with E-state index in [9.17, 15) is 0 Å². The molecule has 0 spiro atoms. The maximum Gasteiger partial charge on any atom is 0.231 e. The minimum atomic E-state index is -0.0454. The molecule has 3 rings (SSSR count). The van der Waals surface area contributed by atoms with Crippen molar-refractivity contribution in [2.45, 2.75) is 13.8 Å². The van der Waals surface area contributed by atoms with E-state index in [1.54, 1.807) is 6.20 Å². The van der Waals surface area contributed by atoms with E-state index in [4.69, 9.17) is 14.7 Å². The molecule has 1 aromatic carbocycles. The highest BCUT2D eigenvalue weighted by Gasteiger charge is 2.18. The van der Waals surface area contributed by atoms with Crippen LogP contribution in [0.5, 0.6) is 11.5 Å². The van der Waals surface area contributed by atoms with Gasteiger partial charge in [0, 0.05) is 24.7 Å². The molecule has 0 amide bonds. The summed E-state index contributed by atoms with van der Waals surface area (Å²) < 4.78 is 10.9. The van der Waals surface area contributed by atoms with Gasteiger partial charge in [0.25, 0.3) is 0 Å². The van der Waals surface area contributed by atoms with Crippen LogP contribution in [0.4, 0.5) is 5.82 Å². The third kappa shape index (κ3) is 2.45. The maximum absolute atomic E-state index is 9.03. The van der Waals surface area contributed by atoms with Gasteiger partial charge in [0.05, 0.1) is 12.0 Å². The quantitative estimate of drug-likeness (QED) is 0.863. The topological polar surface area (TPSA) is 58.4 Å². The highest BCUT2D eigenvalue weighted by Crippen LogP contribution is 2.38. The predicted octanol–water partition coefficient (Wildman–Crippen LogP) is 2.95. The van der Waals surface area contributed by atoms with Crippen LogP contribution in [0.3, 0.4) is 0 Å². The zero-order valence-electron chi connectivity index (χ0n) is 12.2. The Bertz CT molecular complexity index is 708. The van der Waals surface area contributed by atoms with Crippen LogP contribution in [0.1, 0.15) is 13.8 Å². The van der Waals surface area contributed by atoms with Crippen LogP contribution in [0.2, 0.25) is 0 Å². The van der Waals surface area contributed by atoms with Crippen molar-refractivity contribution in [2.24, 2.45) is 5.92 Å². The van der Waals surface area contributed by atoms with Crippen molar-refractivity contribution in [3.8, 4) is 17.6 Å². The second-order valence-electron chi connectivity index (χ2n) is 5.13. The van der Waals surface area contributed by atoms with E-state index in [1.165, 1.54) is 0 Å². The van der Waals surface area contributed by atoms with Crippen molar-refractivity contribution in [3.63, 3.8) is 0 Å². The molecule has 0 fully saturated rings. The number of ether oxygens (including phenoxy) is 2. The van der Waals surface area contributed by atoms with Gasteiger partial charge < -0.3 is 14.4 Å². The van der Waals surface area contributed by atoms with Crippen LogP contribution >= 0.6 is 0 Å². The lowest BCUT2D eigenvalue weighted by atomic mass is 10.1. The molecule has 1 unspecified atom stereocenters. The molecule has 0 N–H and O–H groups in total. The second kappa shape index (κ2) is 5.49. The SMILES string of the molecule is CCN(CC(C)C#N)c1nccc2cc3c(cc12)OCO3. The molecule has 5 heteroatoms. The Morgan fingerprint density at radius 3 is 2.86 bits per heavy atom. The molecule has 0 saturated carbocycles. The summed E-state index contributed by atoms with van der Waals surface area (Å²) >= 11 is 0. The van der Waals surface area contributed by atoms with Crippen LogP contribution in [0, 0.1) is 17.2 Å². The lowest BCUT2D eigenvalue weighted by molar-refractivity contribution is 0.174. The molecule has 0 bridgehead atoms. The predicted molar refractivity (Wildman–Crippen MR) is 80.5 cm³/mol. The molecular weight excluding hydrogens is 266 g/mol. The van der Waals surface area contributed by atoms with Gasteiger partial charge >= 0.3 is 0 Å². The van der Waals surface area contributed by atoms with Gasteiger partial charge in [0.15, 0.2) is 11.5 Å². The molecule has 2 heterocycles. The van der Waals surface area contributed by atoms with E-state index in [-0.39, 0.29) is 12.7 Å². The summed E-state index contributed by atoms with van der Waals surface area (Å²) in [6.07, 6.45) is 1.79. The van der Waals surface area contributed by atoms with Crippen molar-refractivity contribution < 1.29 is 9.47 Å². The average Bonchev–Trinajstić information content (AvgIpc) is 2.96. The lowest BCUT2D eigenvalue weighted by Crippen LogP contribution is -2.28.